The van der Waals surface area contributed by atoms with E-state index in [1.165, 1.54) is 6.20 Å². The normalized spacial score (nSPS) is 20.6. The smallest absolute Gasteiger partial charge is 0.260 e. The number of hydrogen-bond donors (Lipinski definition) is 2. The Morgan fingerprint density at radius 3 is 3.17 bits per heavy atom. The number of nitrogens with one attached hydrogen (secondary N) is 2. The number of aromatic nitrogens is 1. The molecule has 1 aromatic heterocycles. The van der Waals surface area contributed by atoms with Crippen molar-refractivity contribution in [2.24, 2.45) is 0 Å². The third-order valence-corrected chi connectivity index (χ3v) is 3.35. The maximum absolute atomic E-state index is 12.0. The zero-order chi connectivity index (χ0) is 13.0. The van der Waals surface area contributed by atoms with Crippen LogP contribution in [0.1, 0.15) is 30.1 Å². The Bertz CT molecular complexity index is 469. The highest BCUT2D eigenvalue weighted by molar-refractivity contribution is 5.93. The monoisotopic (exact) mass is 249 g/mol. The number of pyridine rings is 1. The fraction of sp³-hybridized carbons (Fsp3) is 0.538. The van der Waals surface area contributed by atoms with Gasteiger partial charge in [0.15, 0.2) is 0 Å². The highest BCUT2D eigenvalue weighted by Gasteiger charge is 2.21. The number of H-pyrrole nitrogens is 1. The van der Waals surface area contributed by atoms with Gasteiger partial charge < -0.3 is 15.2 Å². The van der Waals surface area contributed by atoms with Crippen LogP contribution >= 0.6 is 0 Å². The molecule has 0 spiro atoms. The van der Waals surface area contributed by atoms with Gasteiger partial charge in [0.2, 0.25) is 0 Å². The Morgan fingerprint density at radius 1 is 1.61 bits per heavy atom. The molecule has 18 heavy (non-hydrogen) atoms. The lowest BCUT2D eigenvalue weighted by Crippen LogP contribution is -2.48. The molecule has 1 aliphatic heterocycles. The first-order valence-corrected chi connectivity index (χ1v) is 6.41. The van der Waals surface area contributed by atoms with Crippen LogP contribution in [0.25, 0.3) is 0 Å². The molecule has 98 valence electrons. The molecule has 0 bridgehead atoms. The van der Waals surface area contributed by atoms with E-state index in [1.807, 2.05) is 0 Å². The van der Waals surface area contributed by atoms with Gasteiger partial charge in [-0.1, -0.05) is 6.92 Å². The third kappa shape index (κ3) is 2.98. The van der Waals surface area contributed by atoms with Crippen LogP contribution < -0.4 is 10.9 Å². The molecular formula is C13H19N3O2. The molecule has 0 unspecified atom stereocenters. The molecule has 1 atom stereocenters. The Kier molecular flexibility index (Phi) is 4.15. The number of nitrogens with zero attached hydrogens (tertiary/aromatic N) is 1. The predicted molar refractivity (Wildman–Crippen MR) is 69.7 cm³/mol. The second-order valence-electron chi connectivity index (χ2n) is 4.62. The molecule has 0 radical (unpaired) electrons. The van der Waals surface area contributed by atoms with Crippen molar-refractivity contribution in [3.63, 3.8) is 0 Å². The molecule has 2 heterocycles. The minimum atomic E-state index is -0.335. The molecule has 5 heteroatoms. The van der Waals surface area contributed by atoms with Crippen molar-refractivity contribution in [2.75, 3.05) is 19.6 Å². The minimum Gasteiger partial charge on any atom is -0.348 e. The van der Waals surface area contributed by atoms with Gasteiger partial charge in [-0.25, -0.2) is 0 Å². The fourth-order valence-electron chi connectivity index (χ4n) is 2.32. The summed E-state index contributed by atoms with van der Waals surface area (Å²) in [6, 6.07) is 3.36. The molecule has 1 aliphatic rings. The molecule has 2 N–H and O–H groups in total. The zero-order valence-corrected chi connectivity index (χ0v) is 10.6. The van der Waals surface area contributed by atoms with Gasteiger partial charge in [-0.3, -0.25) is 9.59 Å². The molecule has 0 saturated carbocycles. The van der Waals surface area contributed by atoms with Gasteiger partial charge in [-0.2, -0.15) is 0 Å². The summed E-state index contributed by atoms with van der Waals surface area (Å²) in [5.74, 6) is -0.278. The maximum atomic E-state index is 12.0. The van der Waals surface area contributed by atoms with E-state index in [9.17, 15) is 9.59 Å². The van der Waals surface area contributed by atoms with Crippen molar-refractivity contribution < 1.29 is 4.79 Å². The number of likely N-dealkylation sites (N-methyl/N-ethyl adjacent to an activating group) is 1. The standard InChI is InChI=1S/C13H19N3O2/c1-2-16-8-4-5-10(9-16)15-13(18)11-6-3-7-14-12(11)17/h3,6-7,10H,2,4-5,8-9H2,1H3,(H,14,17)(H,15,18)/t10-/m1/s1. The second-order valence-corrected chi connectivity index (χ2v) is 4.62. The lowest BCUT2D eigenvalue weighted by atomic mass is 10.1. The van der Waals surface area contributed by atoms with Crippen molar-refractivity contribution in [3.8, 4) is 0 Å². The second kappa shape index (κ2) is 5.82. The van der Waals surface area contributed by atoms with Crippen LogP contribution in [0.5, 0.6) is 0 Å². The van der Waals surface area contributed by atoms with Crippen molar-refractivity contribution in [1.82, 2.24) is 15.2 Å². The van der Waals surface area contributed by atoms with Crippen LogP contribution in [0, 0.1) is 0 Å². The average molecular weight is 249 g/mol. The first-order valence-electron chi connectivity index (χ1n) is 6.41. The van der Waals surface area contributed by atoms with Crippen LogP contribution in [-0.2, 0) is 0 Å². The van der Waals surface area contributed by atoms with Crippen molar-refractivity contribution in [2.45, 2.75) is 25.8 Å². The van der Waals surface area contributed by atoms with Crippen LogP contribution in [0.15, 0.2) is 23.1 Å². The average Bonchev–Trinajstić information content (AvgIpc) is 2.39. The summed E-state index contributed by atoms with van der Waals surface area (Å²) in [6.07, 6.45) is 3.59. The topological polar surface area (TPSA) is 65.2 Å². The van der Waals surface area contributed by atoms with Crippen LogP contribution in [0.2, 0.25) is 0 Å². The largest absolute Gasteiger partial charge is 0.348 e. The number of piperidine rings is 1. The van der Waals surface area contributed by atoms with E-state index in [-0.39, 0.29) is 23.1 Å². The molecule has 0 aliphatic carbocycles. The first kappa shape index (κ1) is 12.8. The summed E-state index contributed by atoms with van der Waals surface area (Å²) >= 11 is 0. The van der Waals surface area contributed by atoms with Crippen LogP contribution in [0.3, 0.4) is 0 Å². The summed E-state index contributed by atoms with van der Waals surface area (Å²) in [4.78, 5) is 28.3. The number of rotatable bonds is 3. The van der Waals surface area contributed by atoms with Gasteiger partial charge >= 0.3 is 0 Å². The number of carbonyl (C=O) groups excluding carboxylic acids is 1. The van der Waals surface area contributed by atoms with E-state index in [1.54, 1.807) is 12.1 Å². The van der Waals surface area contributed by atoms with E-state index >= 15 is 0 Å². The highest BCUT2D eigenvalue weighted by atomic mass is 16.2. The predicted octanol–water partition coefficient (Wildman–Crippen LogP) is 0.589. The van der Waals surface area contributed by atoms with E-state index < -0.39 is 0 Å². The first-order chi connectivity index (χ1) is 8.70. The van der Waals surface area contributed by atoms with Crippen molar-refractivity contribution >= 4 is 5.91 Å². The molecule has 1 fully saturated rings. The number of carbonyl (C=O) groups is 1. The van der Waals surface area contributed by atoms with Crippen molar-refractivity contribution in [1.29, 1.82) is 0 Å². The number of hydrogen-bond acceptors (Lipinski definition) is 3. The molecule has 0 aromatic carbocycles. The SMILES string of the molecule is CCN1CCC[C@@H](NC(=O)c2ccc[nH]c2=O)C1. The summed E-state index contributed by atoms with van der Waals surface area (Å²) < 4.78 is 0. The summed E-state index contributed by atoms with van der Waals surface area (Å²) in [5.41, 5.74) is -0.149. The summed E-state index contributed by atoms with van der Waals surface area (Å²) in [6.45, 7) is 5.08. The van der Waals surface area contributed by atoms with Crippen molar-refractivity contribution in [3.05, 3.63) is 34.2 Å². The number of likely N-dealkylation sites (tertiary alicyclic amines) is 1. The van der Waals surface area contributed by atoms with E-state index in [0.29, 0.717) is 0 Å². The lowest BCUT2D eigenvalue weighted by Gasteiger charge is -2.32. The van der Waals surface area contributed by atoms with Gasteiger partial charge in [-0.05, 0) is 38.1 Å². The van der Waals surface area contributed by atoms with Gasteiger partial charge in [-0.15, -0.1) is 0 Å². The Morgan fingerprint density at radius 2 is 2.44 bits per heavy atom. The third-order valence-electron chi connectivity index (χ3n) is 3.35. The van der Waals surface area contributed by atoms with Gasteiger partial charge in [0.05, 0.1) is 0 Å². The molecule has 1 aromatic rings. The van der Waals surface area contributed by atoms with Gasteiger partial charge in [0, 0.05) is 18.8 Å². The van der Waals surface area contributed by atoms with E-state index in [0.717, 1.165) is 32.5 Å². The van der Waals surface area contributed by atoms with Gasteiger partial charge in [0.1, 0.15) is 5.56 Å². The summed E-state index contributed by atoms with van der Waals surface area (Å²) in [7, 11) is 0. The molecule has 2 rings (SSSR count). The molecule has 1 amide bonds. The minimum absolute atomic E-state index is 0.144. The molecule has 5 nitrogen and oxygen atoms in total. The van der Waals surface area contributed by atoms with E-state index in [4.69, 9.17) is 0 Å². The number of amides is 1. The number of aromatic amines is 1. The quantitative estimate of drug-likeness (QED) is 0.824. The fourth-order valence-corrected chi connectivity index (χ4v) is 2.32. The Balaban J connectivity index is 1.99. The zero-order valence-electron chi connectivity index (χ0n) is 10.6. The van der Waals surface area contributed by atoms with Crippen LogP contribution in [-0.4, -0.2) is 41.5 Å². The Hall–Kier alpha value is -1.62. The molecule has 1 saturated heterocycles. The highest BCUT2D eigenvalue weighted by Crippen LogP contribution is 2.09. The molecular weight excluding hydrogens is 230 g/mol. The maximum Gasteiger partial charge on any atom is 0.260 e. The van der Waals surface area contributed by atoms with Gasteiger partial charge in [0.25, 0.3) is 11.5 Å². The van der Waals surface area contributed by atoms with E-state index in [2.05, 4.69) is 22.1 Å². The lowest BCUT2D eigenvalue weighted by molar-refractivity contribution is 0.0904. The van der Waals surface area contributed by atoms with Crippen LogP contribution in [0.4, 0.5) is 0 Å². The Labute approximate surface area is 106 Å². The summed E-state index contributed by atoms with van der Waals surface area (Å²) in [5, 5.41) is 2.94.